The van der Waals surface area contributed by atoms with Crippen LogP contribution in [-0.4, -0.2) is 31.8 Å². The van der Waals surface area contributed by atoms with Gasteiger partial charge in [-0.1, -0.05) is 64.7 Å². The second-order valence-corrected chi connectivity index (χ2v) is 5.52. The van der Waals surface area contributed by atoms with Crippen LogP contribution in [0, 0.1) is 0 Å². The first-order chi connectivity index (χ1) is 9.06. The van der Waals surface area contributed by atoms with Crippen molar-refractivity contribution < 1.29 is 22.3 Å². The zero-order valence-corrected chi connectivity index (χ0v) is 13.1. The third kappa shape index (κ3) is 23.4. The van der Waals surface area contributed by atoms with Gasteiger partial charge in [-0.15, -0.1) is 0 Å². The zero-order chi connectivity index (χ0) is 15.0. The van der Waals surface area contributed by atoms with Crippen LogP contribution < -0.4 is 0 Å². The molecule has 0 saturated carbocycles. The molecule has 0 aromatic carbocycles. The average Bonchev–Trinajstić information content (AvgIpc) is 2.37. The molecular weight excluding hydrogens is 268 g/mol. The molecule has 0 radical (unpaired) electrons. The molecule has 0 aliphatic heterocycles. The minimum Gasteiger partial charge on any atom is -0.400 e. The standard InChI is InChI=1S/C12H26O4S.CH4O/c1-2-3-4-5-6-7-8-9-10-11-12-16-17(13,14)15;1-2/h2-12H2,1H3,(H,13,14,15);2H,1H3. The van der Waals surface area contributed by atoms with Crippen molar-refractivity contribution >= 4 is 10.4 Å². The first-order valence-corrected chi connectivity index (χ1v) is 8.49. The van der Waals surface area contributed by atoms with Gasteiger partial charge in [0.25, 0.3) is 0 Å². The Morgan fingerprint density at radius 3 is 1.53 bits per heavy atom. The van der Waals surface area contributed by atoms with Crippen LogP contribution in [0.2, 0.25) is 0 Å². The third-order valence-electron chi connectivity index (χ3n) is 2.73. The van der Waals surface area contributed by atoms with E-state index < -0.39 is 10.4 Å². The van der Waals surface area contributed by atoms with Crippen LogP contribution in [0.4, 0.5) is 0 Å². The number of hydrogen-bond donors (Lipinski definition) is 2. The van der Waals surface area contributed by atoms with Gasteiger partial charge in [-0.3, -0.25) is 4.55 Å². The molecule has 0 fully saturated rings. The van der Waals surface area contributed by atoms with E-state index in [1.807, 2.05) is 0 Å². The fourth-order valence-corrected chi connectivity index (χ4v) is 2.08. The van der Waals surface area contributed by atoms with Crippen molar-refractivity contribution in [1.29, 1.82) is 0 Å². The molecule has 0 atom stereocenters. The van der Waals surface area contributed by atoms with E-state index in [1.165, 1.54) is 44.9 Å². The number of hydrogen-bond acceptors (Lipinski definition) is 4. The summed E-state index contributed by atoms with van der Waals surface area (Å²) >= 11 is 0. The summed E-state index contributed by atoms with van der Waals surface area (Å²) in [5, 5.41) is 7.00. The van der Waals surface area contributed by atoms with E-state index in [1.54, 1.807) is 0 Å². The Bertz CT molecular complexity index is 252. The fourth-order valence-electron chi connectivity index (χ4n) is 1.75. The Kier molecular flexibility index (Phi) is 17.7. The highest BCUT2D eigenvalue weighted by Crippen LogP contribution is 2.10. The molecule has 0 heterocycles. The van der Waals surface area contributed by atoms with Gasteiger partial charge in [-0.25, -0.2) is 4.18 Å². The molecule has 6 heteroatoms. The van der Waals surface area contributed by atoms with Crippen LogP contribution >= 0.6 is 0 Å². The molecule has 0 unspecified atom stereocenters. The molecule has 0 bridgehead atoms. The molecule has 19 heavy (non-hydrogen) atoms. The quantitative estimate of drug-likeness (QED) is 0.426. The van der Waals surface area contributed by atoms with E-state index in [0.717, 1.165) is 20.0 Å². The minimum atomic E-state index is -4.23. The summed E-state index contributed by atoms with van der Waals surface area (Å²) < 4.78 is 33.0. The van der Waals surface area contributed by atoms with Gasteiger partial charge in [0.15, 0.2) is 0 Å². The molecule has 0 amide bonds. The Balaban J connectivity index is 0. The lowest BCUT2D eigenvalue weighted by atomic mass is 10.1. The highest BCUT2D eigenvalue weighted by atomic mass is 32.3. The summed E-state index contributed by atoms with van der Waals surface area (Å²) in [5.74, 6) is 0. The molecule has 0 aliphatic rings. The van der Waals surface area contributed by atoms with Gasteiger partial charge in [0.2, 0.25) is 0 Å². The number of unbranched alkanes of at least 4 members (excludes halogenated alkanes) is 9. The van der Waals surface area contributed by atoms with Crippen LogP contribution in [0.3, 0.4) is 0 Å². The van der Waals surface area contributed by atoms with Gasteiger partial charge in [0.1, 0.15) is 0 Å². The minimum absolute atomic E-state index is 0.0926. The SMILES string of the molecule is CCCCCCCCCCCCOS(=O)(=O)O.CO. The summed E-state index contributed by atoms with van der Waals surface area (Å²) in [5.41, 5.74) is 0. The summed E-state index contributed by atoms with van der Waals surface area (Å²) in [6, 6.07) is 0. The van der Waals surface area contributed by atoms with Gasteiger partial charge in [-0.05, 0) is 6.42 Å². The molecule has 0 saturated heterocycles. The van der Waals surface area contributed by atoms with Crippen LogP contribution in [0.15, 0.2) is 0 Å². The largest absolute Gasteiger partial charge is 0.400 e. The maximum atomic E-state index is 10.2. The Morgan fingerprint density at radius 1 is 0.789 bits per heavy atom. The van der Waals surface area contributed by atoms with Crippen LogP contribution in [-0.2, 0) is 14.6 Å². The van der Waals surface area contributed by atoms with Gasteiger partial charge in [0.05, 0.1) is 6.61 Å². The van der Waals surface area contributed by atoms with Gasteiger partial charge in [0, 0.05) is 7.11 Å². The van der Waals surface area contributed by atoms with Crippen LogP contribution in [0.5, 0.6) is 0 Å². The van der Waals surface area contributed by atoms with Crippen molar-refractivity contribution in [2.45, 2.75) is 71.1 Å². The van der Waals surface area contributed by atoms with Crippen molar-refractivity contribution in [3.8, 4) is 0 Å². The molecule has 118 valence electrons. The Hall–Kier alpha value is -0.170. The maximum absolute atomic E-state index is 10.2. The van der Waals surface area contributed by atoms with Crippen LogP contribution in [0.25, 0.3) is 0 Å². The first-order valence-electron chi connectivity index (χ1n) is 7.13. The fraction of sp³-hybridized carbons (Fsp3) is 1.00. The second kappa shape index (κ2) is 15.9. The second-order valence-electron chi connectivity index (χ2n) is 4.43. The van der Waals surface area contributed by atoms with E-state index >= 15 is 0 Å². The normalized spacial score (nSPS) is 10.9. The molecule has 5 nitrogen and oxygen atoms in total. The van der Waals surface area contributed by atoms with E-state index in [4.69, 9.17) is 9.66 Å². The first kappa shape index (κ1) is 21.1. The highest BCUT2D eigenvalue weighted by molar-refractivity contribution is 7.80. The molecule has 0 aromatic rings. The smallest absolute Gasteiger partial charge is 0.397 e. The summed E-state index contributed by atoms with van der Waals surface area (Å²) in [6.07, 6.45) is 11.9. The predicted octanol–water partition coefficient (Wildman–Crippen LogP) is 3.34. The molecule has 0 spiro atoms. The summed E-state index contributed by atoms with van der Waals surface area (Å²) in [6.45, 7) is 2.31. The molecule has 0 aliphatic carbocycles. The lowest BCUT2D eigenvalue weighted by Gasteiger charge is -2.02. The molecular formula is C13H30O5S. The van der Waals surface area contributed by atoms with Crippen LogP contribution in [0.1, 0.15) is 71.1 Å². The predicted molar refractivity (Wildman–Crippen MR) is 77.5 cm³/mol. The van der Waals surface area contributed by atoms with Gasteiger partial charge in [-0.2, -0.15) is 8.42 Å². The van der Waals surface area contributed by atoms with E-state index in [-0.39, 0.29) is 6.61 Å². The third-order valence-corrected chi connectivity index (χ3v) is 3.19. The Labute approximate surface area is 118 Å². The molecule has 2 N–H and O–H groups in total. The van der Waals surface area contributed by atoms with E-state index in [9.17, 15) is 8.42 Å². The number of aliphatic hydroxyl groups excluding tert-OH is 1. The average molecular weight is 298 g/mol. The monoisotopic (exact) mass is 298 g/mol. The van der Waals surface area contributed by atoms with Crippen molar-refractivity contribution in [2.24, 2.45) is 0 Å². The summed E-state index contributed by atoms with van der Waals surface area (Å²) in [7, 11) is -3.23. The molecule has 0 rings (SSSR count). The van der Waals surface area contributed by atoms with E-state index in [2.05, 4.69) is 11.1 Å². The number of rotatable bonds is 12. The topological polar surface area (TPSA) is 83.8 Å². The molecule has 0 aromatic heterocycles. The lowest BCUT2D eigenvalue weighted by molar-refractivity contribution is 0.261. The van der Waals surface area contributed by atoms with Crippen molar-refractivity contribution in [3.63, 3.8) is 0 Å². The zero-order valence-electron chi connectivity index (χ0n) is 12.3. The van der Waals surface area contributed by atoms with E-state index in [0.29, 0.717) is 6.42 Å². The Morgan fingerprint density at radius 2 is 1.16 bits per heavy atom. The maximum Gasteiger partial charge on any atom is 0.397 e. The van der Waals surface area contributed by atoms with Crippen molar-refractivity contribution in [1.82, 2.24) is 0 Å². The van der Waals surface area contributed by atoms with Crippen molar-refractivity contribution in [3.05, 3.63) is 0 Å². The van der Waals surface area contributed by atoms with Crippen molar-refractivity contribution in [2.75, 3.05) is 13.7 Å². The summed E-state index contributed by atoms with van der Waals surface area (Å²) in [4.78, 5) is 0. The lowest BCUT2D eigenvalue weighted by Crippen LogP contribution is -2.04. The van der Waals surface area contributed by atoms with Gasteiger partial charge < -0.3 is 5.11 Å². The highest BCUT2D eigenvalue weighted by Gasteiger charge is 2.02. The number of aliphatic hydroxyl groups is 1. The van der Waals surface area contributed by atoms with Gasteiger partial charge >= 0.3 is 10.4 Å².